The Morgan fingerprint density at radius 2 is 1.86 bits per heavy atom. The SMILES string of the molecule is O=C(NC1CCCCCC1)c1cc(Cl)nc2ccccc12. The van der Waals surface area contributed by atoms with Gasteiger partial charge in [0, 0.05) is 11.4 Å². The quantitative estimate of drug-likeness (QED) is 0.662. The van der Waals surface area contributed by atoms with Crippen LogP contribution in [0.15, 0.2) is 30.3 Å². The van der Waals surface area contributed by atoms with Crippen molar-refractivity contribution in [2.75, 3.05) is 0 Å². The van der Waals surface area contributed by atoms with Crippen molar-refractivity contribution < 1.29 is 4.79 Å². The number of carbonyl (C=O) groups is 1. The van der Waals surface area contributed by atoms with Gasteiger partial charge in [0.2, 0.25) is 0 Å². The Labute approximate surface area is 129 Å². The van der Waals surface area contributed by atoms with Gasteiger partial charge in [0.15, 0.2) is 0 Å². The van der Waals surface area contributed by atoms with Crippen molar-refractivity contribution in [2.45, 2.75) is 44.6 Å². The van der Waals surface area contributed by atoms with Gasteiger partial charge in [-0.25, -0.2) is 4.98 Å². The average Bonchev–Trinajstić information content (AvgIpc) is 2.75. The van der Waals surface area contributed by atoms with Crippen molar-refractivity contribution in [1.29, 1.82) is 0 Å². The molecule has 1 aliphatic rings. The summed E-state index contributed by atoms with van der Waals surface area (Å²) in [5.41, 5.74) is 1.38. The van der Waals surface area contributed by atoms with Crippen LogP contribution in [0.25, 0.3) is 10.9 Å². The van der Waals surface area contributed by atoms with Gasteiger partial charge in [0.1, 0.15) is 5.15 Å². The van der Waals surface area contributed by atoms with Crippen LogP contribution in [-0.2, 0) is 0 Å². The summed E-state index contributed by atoms with van der Waals surface area (Å²) >= 11 is 6.05. The lowest BCUT2D eigenvalue weighted by Gasteiger charge is -2.17. The number of aromatic nitrogens is 1. The topological polar surface area (TPSA) is 42.0 Å². The van der Waals surface area contributed by atoms with Crippen molar-refractivity contribution in [3.63, 3.8) is 0 Å². The third-order valence-electron chi connectivity index (χ3n) is 4.12. The van der Waals surface area contributed by atoms with E-state index >= 15 is 0 Å². The molecule has 0 aliphatic heterocycles. The molecule has 0 unspecified atom stereocenters. The molecule has 1 aromatic carbocycles. The van der Waals surface area contributed by atoms with E-state index in [0.717, 1.165) is 23.7 Å². The second-order valence-electron chi connectivity index (χ2n) is 5.67. The molecular weight excluding hydrogens is 284 g/mol. The van der Waals surface area contributed by atoms with E-state index in [0.29, 0.717) is 10.7 Å². The smallest absolute Gasteiger partial charge is 0.252 e. The number of rotatable bonds is 2. The molecule has 21 heavy (non-hydrogen) atoms. The number of hydrogen-bond acceptors (Lipinski definition) is 2. The van der Waals surface area contributed by atoms with Crippen LogP contribution >= 0.6 is 11.6 Å². The van der Waals surface area contributed by atoms with E-state index in [1.54, 1.807) is 6.07 Å². The molecule has 3 rings (SSSR count). The molecule has 4 heteroatoms. The Kier molecular flexibility index (Phi) is 4.39. The molecular formula is C17H19ClN2O. The third kappa shape index (κ3) is 3.35. The zero-order valence-corrected chi connectivity index (χ0v) is 12.7. The van der Waals surface area contributed by atoms with Gasteiger partial charge in [-0.3, -0.25) is 4.79 Å². The van der Waals surface area contributed by atoms with Crippen LogP contribution in [-0.4, -0.2) is 16.9 Å². The molecule has 0 atom stereocenters. The first-order valence-corrected chi connectivity index (χ1v) is 7.98. The molecule has 1 fully saturated rings. The van der Waals surface area contributed by atoms with E-state index in [9.17, 15) is 4.79 Å². The van der Waals surface area contributed by atoms with Crippen LogP contribution in [0, 0.1) is 0 Å². The fourth-order valence-corrected chi connectivity index (χ4v) is 3.22. The van der Waals surface area contributed by atoms with Crippen molar-refractivity contribution >= 4 is 28.4 Å². The molecule has 1 aliphatic carbocycles. The Morgan fingerprint density at radius 1 is 1.14 bits per heavy atom. The number of fused-ring (bicyclic) bond motifs is 1. The predicted octanol–water partition coefficient (Wildman–Crippen LogP) is 4.34. The summed E-state index contributed by atoms with van der Waals surface area (Å²) in [6.45, 7) is 0. The van der Waals surface area contributed by atoms with E-state index in [2.05, 4.69) is 10.3 Å². The molecule has 0 radical (unpaired) electrons. The highest BCUT2D eigenvalue weighted by molar-refractivity contribution is 6.30. The Balaban J connectivity index is 1.87. The number of nitrogens with zero attached hydrogens (tertiary/aromatic N) is 1. The zero-order valence-electron chi connectivity index (χ0n) is 11.9. The number of benzene rings is 1. The summed E-state index contributed by atoms with van der Waals surface area (Å²) in [4.78, 5) is 16.9. The minimum atomic E-state index is -0.0394. The van der Waals surface area contributed by atoms with E-state index in [1.807, 2.05) is 24.3 Å². The molecule has 0 bridgehead atoms. The number of halogens is 1. The number of nitrogens with one attached hydrogen (secondary N) is 1. The molecule has 1 amide bonds. The van der Waals surface area contributed by atoms with Crippen LogP contribution in [0.5, 0.6) is 0 Å². The first-order chi connectivity index (χ1) is 10.2. The summed E-state index contributed by atoms with van der Waals surface area (Å²) < 4.78 is 0. The van der Waals surface area contributed by atoms with Crippen LogP contribution in [0.1, 0.15) is 48.9 Å². The summed E-state index contributed by atoms with van der Waals surface area (Å²) in [5.74, 6) is -0.0394. The highest BCUT2D eigenvalue weighted by Gasteiger charge is 2.18. The van der Waals surface area contributed by atoms with E-state index < -0.39 is 0 Å². The van der Waals surface area contributed by atoms with Gasteiger partial charge in [-0.05, 0) is 25.0 Å². The maximum Gasteiger partial charge on any atom is 0.252 e. The number of carbonyl (C=O) groups excluding carboxylic acids is 1. The number of para-hydroxylation sites is 1. The van der Waals surface area contributed by atoms with Gasteiger partial charge >= 0.3 is 0 Å². The molecule has 2 aromatic rings. The van der Waals surface area contributed by atoms with Crippen molar-refractivity contribution in [3.05, 3.63) is 41.0 Å². The van der Waals surface area contributed by atoms with Gasteiger partial charge in [0.05, 0.1) is 11.1 Å². The highest BCUT2D eigenvalue weighted by atomic mass is 35.5. The predicted molar refractivity (Wildman–Crippen MR) is 85.7 cm³/mol. The lowest BCUT2D eigenvalue weighted by molar-refractivity contribution is 0.0935. The van der Waals surface area contributed by atoms with Gasteiger partial charge < -0.3 is 5.32 Å². The first-order valence-electron chi connectivity index (χ1n) is 7.60. The molecule has 110 valence electrons. The summed E-state index contributed by atoms with van der Waals surface area (Å²) in [6, 6.07) is 9.56. The normalized spacial score (nSPS) is 16.6. The zero-order chi connectivity index (χ0) is 14.7. The molecule has 1 heterocycles. The second-order valence-corrected chi connectivity index (χ2v) is 6.06. The van der Waals surface area contributed by atoms with E-state index in [-0.39, 0.29) is 11.9 Å². The van der Waals surface area contributed by atoms with Gasteiger partial charge in [0.25, 0.3) is 5.91 Å². The van der Waals surface area contributed by atoms with Crippen LogP contribution in [0.4, 0.5) is 0 Å². The van der Waals surface area contributed by atoms with Crippen molar-refractivity contribution in [3.8, 4) is 0 Å². The second kappa shape index (κ2) is 6.44. The lowest BCUT2D eigenvalue weighted by Crippen LogP contribution is -2.34. The Hall–Kier alpha value is -1.61. The fraction of sp³-hybridized carbons (Fsp3) is 0.412. The van der Waals surface area contributed by atoms with E-state index in [1.165, 1.54) is 25.7 Å². The van der Waals surface area contributed by atoms with Crippen molar-refractivity contribution in [1.82, 2.24) is 10.3 Å². The minimum Gasteiger partial charge on any atom is -0.349 e. The first kappa shape index (κ1) is 14.3. The molecule has 0 spiro atoms. The summed E-state index contributed by atoms with van der Waals surface area (Å²) in [7, 11) is 0. The molecule has 3 nitrogen and oxygen atoms in total. The largest absolute Gasteiger partial charge is 0.349 e. The van der Waals surface area contributed by atoms with Crippen molar-refractivity contribution in [2.24, 2.45) is 0 Å². The number of pyridine rings is 1. The number of amides is 1. The fourth-order valence-electron chi connectivity index (χ4n) is 3.02. The standard InChI is InChI=1S/C17H19ClN2O/c18-16-11-14(13-9-5-6-10-15(13)20-16)17(21)19-12-7-3-1-2-4-8-12/h5-6,9-12H,1-4,7-8H2,(H,19,21). The average molecular weight is 303 g/mol. The molecule has 1 saturated carbocycles. The molecule has 0 saturated heterocycles. The molecule has 1 aromatic heterocycles. The minimum absolute atomic E-state index is 0.0394. The van der Waals surface area contributed by atoms with Gasteiger partial charge in [-0.2, -0.15) is 0 Å². The summed E-state index contributed by atoms with van der Waals surface area (Å²) in [5, 5.41) is 4.38. The summed E-state index contributed by atoms with van der Waals surface area (Å²) in [6.07, 6.45) is 7.09. The van der Waals surface area contributed by atoms with Crippen LogP contribution in [0.3, 0.4) is 0 Å². The molecule has 1 N–H and O–H groups in total. The van der Waals surface area contributed by atoms with Crippen LogP contribution in [0.2, 0.25) is 5.15 Å². The third-order valence-corrected chi connectivity index (χ3v) is 4.31. The van der Waals surface area contributed by atoms with Crippen LogP contribution < -0.4 is 5.32 Å². The Morgan fingerprint density at radius 3 is 2.62 bits per heavy atom. The van der Waals surface area contributed by atoms with Gasteiger partial charge in [-0.15, -0.1) is 0 Å². The van der Waals surface area contributed by atoms with E-state index in [4.69, 9.17) is 11.6 Å². The maximum absolute atomic E-state index is 12.6. The Bertz CT molecular complexity index is 648. The maximum atomic E-state index is 12.6. The number of hydrogen-bond donors (Lipinski definition) is 1. The van der Waals surface area contributed by atoms with Gasteiger partial charge in [-0.1, -0.05) is 55.5 Å². The lowest BCUT2D eigenvalue weighted by atomic mass is 10.1. The monoisotopic (exact) mass is 302 g/mol. The highest BCUT2D eigenvalue weighted by Crippen LogP contribution is 2.22.